The molecule has 28 nitrogen and oxygen atoms in total. The van der Waals surface area contributed by atoms with Crippen molar-refractivity contribution in [3.8, 4) is 0 Å². The number of carbonyl (C=O) groups is 12. The Kier molecular flexibility index (Phi) is 27.1. The number of aromatic amines is 2. The normalized spacial score (nSPS) is 15.7. The summed E-state index contributed by atoms with van der Waals surface area (Å²) < 4.78 is 14.3. The number of rotatable bonds is 36. The van der Waals surface area contributed by atoms with Gasteiger partial charge in [-0.15, -0.1) is 0 Å². The van der Waals surface area contributed by atoms with Crippen LogP contribution in [0.25, 0.3) is 21.8 Å². The fourth-order valence-electron chi connectivity index (χ4n) is 11.6. The number of para-hydroxylation sites is 2. The van der Waals surface area contributed by atoms with E-state index in [1.807, 2.05) is 13.8 Å². The Hall–Kier alpha value is -10.6. The number of nitrogens with one attached hydrogen (secondary N) is 10. The average Bonchev–Trinajstić information content (AvgIpc) is 1.61. The first kappa shape index (κ1) is 74.8. The van der Waals surface area contributed by atoms with Gasteiger partial charge in [0.25, 0.3) is 0 Å². The number of carboxylic acids is 2. The number of H-pyrrole nitrogens is 2. The summed E-state index contributed by atoms with van der Waals surface area (Å²) in [6, 6.07) is 12.8. The van der Waals surface area contributed by atoms with Crippen LogP contribution in [0, 0.1) is 17.7 Å². The third kappa shape index (κ3) is 21.2. The van der Waals surface area contributed by atoms with E-state index in [2.05, 4.69) is 52.5 Å². The first-order chi connectivity index (χ1) is 46.7. The molecular formula is C69H87FN14O14. The molecule has 7 rings (SSSR count). The maximum Gasteiger partial charge on any atom is 0.326 e. The van der Waals surface area contributed by atoms with Crippen LogP contribution >= 0.6 is 0 Å². The first-order valence-corrected chi connectivity index (χ1v) is 32.5. The van der Waals surface area contributed by atoms with Gasteiger partial charge < -0.3 is 84.8 Å². The monoisotopic (exact) mass is 1350 g/mol. The molecule has 1 fully saturated rings. The fraction of sp³-hybridized carbons (Fsp3) is 0.420. The van der Waals surface area contributed by atoms with E-state index in [1.54, 1.807) is 105 Å². The van der Waals surface area contributed by atoms with Crippen LogP contribution in [-0.2, 0) is 83.2 Å². The molecule has 1 saturated heterocycles. The van der Waals surface area contributed by atoms with E-state index in [9.17, 15) is 57.8 Å². The molecule has 1 aliphatic heterocycles. The Balaban J connectivity index is 1.14. The van der Waals surface area contributed by atoms with E-state index < -0.39 is 150 Å². The van der Waals surface area contributed by atoms with Gasteiger partial charge in [0.15, 0.2) is 0 Å². The zero-order valence-corrected chi connectivity index (χ0v) is 54.9. The Morgan fingerprint density at radius 1 is 0.541 bits per heavy atom. The quantitative estimate of drug-likeness (QED) is 0.0262. The second-order valence-corrected chi connectivity index (χ2v) is 25.3. The summed E-state index contributed by atoms with van der Waals surface area (Å²) >= 11 is 0. The molecule has 6 aromatic rings. The summed E-state index contributed by atoms with van der Waals surface area (Å²) in [6.07, 6.45) is 1.08. The summed E-state index contributed by atoms with van der Waals surface area (Å²) in [4.78, 5) is 175. The van der Waals surface area contributed by atoms with Gasteiger partial charge in [-0.05, 0) is 97.0 Å². The van der Waals surface area contributed by atoms with Crippen molar-refractivity contribution in [2.75, 3.05) is 13.1 Å². The van der Waals surface area contributed by atoms with Crippen molar-refractivity contribution in [1.82, 2.24) is 57.4 Å². The number of nitrogens with two attached hydrogens (primary N) is 3. The lowest BCUT2D eigenvalue weighted by molar-refractivity contribution is -0.144. The van der Waals surface area contributed by atoms with E-state index in [0.717, 1.165) is 0 Å². The predicted molar refractivity (Wildman–Crippen MR) is 359 cm³/mol. The summed E-state index contributed by atoms with van der Waals surface area (Å²) in [5, 5.41) is 42.0. The van der Waals surface area contributed by atoms with Crippen LogP contribution in [-0.4, -0.2) is 170 Å². The molecule has 0 aliphatic carbocycles. The number of carboxylic acid groups (broad SMARTS) is 2. The standard InChI is InChI=1S/C69H87FN14O14/c1-37(2)28-49(77-60(88)48(20-12-26-71)76-67(95)59(73)38(3)4)61(89)82-54(30-40-22-24-43(70)25-23-40)68(96)84-27-13-21-56(84)66(94)81-51(31-41-35-74-46-18-10-8-16-44(41)46)63(91)78-50(29-39-14-6-5-7-15-39)62(90)79-52(33-57(72)85)64(92)80-53(34-58(86)87)65(93)83-55(69(97)98)32-42-36-75-47-19-11-9-17-45(42)47/h5-11,14-19,22-25,35-38,48-56,59,74-75H,12-13,20-21,26-34,71,73H2,1-4H3,(H2,72,85)(H,76,95)(H,77,88)(H,78,91)(H,79,90)(H,80,92)(H,81,94)(H,82,89)(H,83,93)(H,86,87)(H,97,98)/t48-,49-,50-,51-,52-,53-,54-,55-,56-,59-/m0/s1. The SMILES string of the molecule is CC(C)C[C@H](NC(=O)[C@H](CCCN)NC(=O)[C@@H](N)C(C)C)C(=O)N[C@@H](Cc1ccc(F)cc1)C(=O)N1CCC[C@H]1C(=O)N[C@@H](Cc1c[nH]c2ccccc12)C(=O)N[C@@H](Cc1ccccc1)C(=O)N[C@@H](CC(N)=O)C(=O)N[C@@H](CC(=O)O)C(=O)N[C@@H](Cc1c[nH]c2ccccc12)C(=O)O. The summed E-state index contributed by atoms with van der Waals surface area (Å²) in [5.74, 6) is -13.4. The highest BCUT2D eigenvalue weighted by atomic mass is 19.1. The number of hydrogen-bond donors (Lipinski definition) is 15. The zero-order valence-electron chi connectivity index (χ0n) is 54.9. The number of primary amides is 1. The number of benzene rings is 4. The molecule has 4 aromatic carbocycles. The Morgan fingerprint density at radius 3 is 1.55 bits per heavy atom. The largest absolute Gasteiger partial charge is 0.481 e. The smallest absolute Gasteiger partial charge is 0.326 e. The summed E-state index contributed by atoms with van der Waals surface area (Å²) in [6.45, 7) is 7.30. The highest BCUT2D eigenvalue weighted by Crippen LogP contribution is 2.24. The lowest BCUT2D eigenvalue weighted by Crippen LogP contribution is -2.61. The van der Waals surface area contributed by atoms with Crippen LogP contribution < -0.4 is 59.7 Å². The third-order valence-corrected chi connectivity index (χ3v) is 16.9. The molecule has 524 valence electrons. The molecule has 3 heterocycles. The van der Waals surface area contributed by atoms with E-state index in [-0.39, 0.29) is 76.3 Å². The van der Waals surface area contributed by atoms with Gasteiger partial charge in [0.05, 0.1) is 18.9 Å². The number of halogens is 1. The highest BCUT2D eigenvalue weighted by molar-refractivity contribution is 6.01. The third-order valence-electron chi connectivity index (χ3n) is 16.9. The minimum absolute atomic E-state index is 0.00499. The van der Waals surface area contributed by atoms with Crippen LogP contribution in [0.5, 0.6) is 0 Å². The zero-order chi connectivity index (χ0) is 71.3. The number of fused-ring (bicyclic) bond motifs is 2. The Bertz CT molecular complexity index is 3820. The number of aliphatic carboxylic acids is 2. The van der Waals surface area contributed by atoms with Crippen molar-refractivity contribution in [2.24, 2.45) is 29.0 Å². The molecule has 18 N–H and O–H groups in total. The number of likely N-dealkylation sites (tertiary alicyclic amines) is 1. The number of amides is 10. The predicted octanol–water partition coefficient (Wildman–Crippen LogP) is 1.13. The number of hydrogen-bond acceptors (Lipinski definition) is 14. The van der Waals surface area contributed by atoms with E-state index in [1.165, 1.54) is 29.2 Å². The molecule has 10 amide bonds. The molecule has 1 aliphatic rings. The van der Waals surface area contributed by atoms with Crippen molar-refractivity contribution in [2.45, 2.75) is 159 Å². The van der Waals surface area contributed by atoms with Gasteiger partial charge in [0, 0.05) is 66.4 Å². The van der Waals surface area contributed by atoms with Gasteiger partial charge in [-0.1, -0.05) is 107 Å². The second kappa shape index (κ2) is 35.4. The molecule has 2 aromatic heterocycles. The molecular weight excluding hydrogens is 1270 g/mol. The molecule has 0 spiro atoms. The lowest BCUT2D eigenvalue weighted by atomic mass is 9.99. The molecule has 10 atom stereocenters. The van der Waals surface area contributed by atoms with Crippen LogP contribution in [0.4, 0.5) is 4.39 Å². The minimum Gasteiger partial charge on any atom is -0.481 e. The number of carbonyl (C=O) groups excluding carboxylic acids is 10. The van der Waals surface area contributed by atoms with E-state index >= 15 is 14.4 Å². The van der Waals surface area contributed by atoms with Crippen molar-refractivity contribution in [3.63, 3.8) is 0 Å². The van der Waals surface area contributed by atoms with Gasteiger partial charge >= 0.3 is 11.9 Å². The molecule has 0 radical (unpaired) electrons. The summed E-state index contributed by atoms with van der Waals surface area (Å²) in [5.41, 5.74) is 20.8. The lowest BCUT2D eigenvalue weighted by Gasteiger charge is -2.31. The van der Waals surface area contributed by atoms with E-state index in [4.69, 9.17) is 17.2 Å². The topological polar surface area (TPSA) is 454 Å². The van der Waals surface area contributed by atoms with Gasteiger partial charge in [-0.3, -0.25) is 52.7 Å². The highest BCUT2D eigenvalue weighted by Gasteiger charge is 2.42. The maximum absolute atomic E-state index is 15.2. The van der Waals surface area contributed by atoms with Crippen LogP contribution in [0.15, 0.2) is 116 Å². The van der Waals surface area contributed by atoms with Crippen LogP contribution in [0.3, 0.4) is 0 Å². The number of nitrogens with zero attached hydrogens (tertiary/aromatic N) is 1. The Labute approximate surface area is 564 Å². The van der Waals surface area contributed by atoms with Crippen molar-refractivity contribution >= 4 is 92.8 Å². The van der Waals surface area contributed by atoms with Crippen molar-refractivity contribution in [1.29, 1.82) is 0 Å². The Morgan fingerprint density at radius 2 is 1.00 bits per heavy atom. The molecule has 0 bridgehead atoms. The fourth-order valence-corrected chi connectivity index (χ4v) is 11.6. The molecule has 0 unspecified atom stereocenters. The molecule has 0 saturated carbocycles. The summed E-state index contributed by atoms with van der Waals surface area (Å²) in [7, 11) is 0. The van der Waals surface area contributed by atoms with Gasteiger partial charge in [-0.2, -0.15) is 0 Å². The van der Waals surface area contributed by atoms with Crippen LogP contribution in [0.2, 0.25) is 0 Å². The average molecular weight is 1360 g/mol. The number of aromatic nitrogens is 2. The molecule has 29 heteroatoms. The maximum atomic E-state index is 15.2. The molecule has 98 heavy (non-hydrogen) atoms. The van der Waals surface area contributed by atoms with Gasteiger partial charge in [0.1, 0.15) is 60.2 Å². The van der Waals surface area contributed by atoms with Gasteiger partial charge in [-0.25, -0.2) is 9.18 Å². The minimum atomic E-state index is -1.97. The van der Waals surface area contributed by atoms with Crippen molar-refractivity contribution < 1.29 is 72.1 Å². The second-order valence-electron chi connectivity index (χ2n) is 25.3. The van der Waals surface area contributed by atoms with E-state index in [0.29, 0.717) is 50.5 Å². The van der Waals surface area contributed by atoms with Gasteiger partial charge in [0.2, 0.25) is 59.1 Å². The first-order valence-electron chi connectivity index (χ1n) is 32.5. The van der Waals surface area contributed by atoms with Crippen molar-refractivity contribution in [3.05, 3.63) is 144 Å². The van der Waals surface area contributed by atoms with Crippen LogP contribution in [0.1, 0.15) is 94.9 Å².